The zero-order valence-corrected chi connectivity index (χ0v) is 18.6. The SMILES string of the molecule is Cc1ccc(CNC(=O)C2CNN3C(=O)C(C(=O)NC4CC4)=C(O)N(CC(C)C)C23)nc1. The Morgan fingerprint density at radius 1 is 1.31 bits per heavy atom. The topological polar surface area (TPSA) is 127 Å². The molecule has 2 unspecified atom stereocenters. The molecule has 172 valence electrons. The molecule has 1 aromatic rings. The molecule has 10 heteroatoms. The lowest BCUT2D eigenvalue weighted by molar-refractivity contribution is -0.144. The molecule has 4 rings (SSSR count). The van der Waals surface area contributed by atoms with Crippen molar-refractivity contribution in [3.63, 3.8) is 0 Å². The van der Waals surface area contributed by atoms with Crippen LogP contribution in [0.5, 0.6) is 0 Å². The minimum atomic E-state index is -0.728. The molecule has 1 saturated carbocycles. The number of aliphatic hydroxyl groups excluding tert-OH is 1. The second-order valence-corrected chi connectivity index (χ2v) is 9.09. The number of hydrogen-bond acceptors (Lipinski definition) is 7. The van der Waals surface area contributed by atoms with Crippen LogP contribution in [0.15, 0.2) is 29.8 Å². The van der Waals surface area contributed by atoms with Gasteiger partial charge in [-0.25, -0.2) is 10.4 Å². The summed E-state index contributed by atoms with van der Waals surface area (Å²) in [5.74, 6) is -2.33. The van der Waals surface area contributed by atoms with Gasteiger partial charge in [0.05, 0.1) is 18.2 Å². The van der Waals surface area contributed by atoms with Gasteiger partial charge in [0.2, 0.25) is 11.8 Å². The van der Waals surface area contributed by atoms with Gasteiger partial charge < -0.3 is 20.6 Å². The number of carbonyl (C=O) groups is 3. The summed E-state index contributed by atoms with van der Waals surface area (Å²) in [6.45, 7) is 6.74. The van der Waals surface area contributed by atoms with Crippen LogP contribution in [0.3, 0.4) is 0 Å². The molecular weight excluding hydrogens is 412 g/mol. The van der Waals surface area contributed by atoms with Gasteiger partial charge in [0.1, 0.15) is 6.17 Å². The molecule has 0 spiro atoms. The smallest absolute Gasteiger partial charge is 0.280 e. The van der Waals surface area contributed by atoms with Crippen LogP contribution >= 0.6 is 0 Å². The van der Waals surface area contributed by atoms with E-state index in [0.717, 1.165) is 24.1 Å². The Labute approximate surface area is 187 Å². The summed E-state index contributed by atoms with van der Waals surface area (Å²) in [7, 11) is 0. The zero-order valence-electron chi connectivity index (χ0n) is 18.6. The van der Waals surface area contributed by atoms with E-state index in [-0.39, 0.29) is 42.4 Å². The van der Waals surface area contributed by atoms with Gasteiger partial charge in [-0.3, -0.25) is 19.4 Å². The summed E-state index contributed by atoms with van der Waals surface area (Å²) in [6.07, 6.45) is 2.74. The molecule has 0 bridgehead atoms. The quantitative estimate of drug-likeness (QED) is 0.448. The normalized spacial score (nSPS) is 22.9. The van der Waals surface area contributed by atoms with Crippen molar-refractivity contribution in [3.8, 4) is 0 Å². The Balaban J connectivity index is 1.55. The molecule has 10 nitrogen and oxygen atoms in total. The van der Waals surface area contributed by atoms with Crippen LogP contribution < -0.4 is 16.1 Å². The number of hydrazine groups is 1. The first-order chi connectivity index (χ1) is 15.3. The van der Waals surface area contributed by atoms with E-state index in [2.05, 4.69) is 21.0 Å². The highest BCUT2D eigenvalue weighted by atomic mass is 16.3. The second kappa shape index (κ2) is 8.78. The first-order valence-electron chi connectivity index (χ1n) is 11.0. The van der Waals surface area contributed by atoms with Crippen molar-refractivity contribution in [2.75, 3.05) is 13.1 Å². The highest BCUT2D eigenvalue weighted by molar-refractivity contribution is 6.19. The first-order valence-corrected chi connectivity index (χ1v) is 11.0. The Morgan fingerprint density at radius 3 is 2.69 bits per heavy atom. The van der Waals surface area contributed by atoms with Gasteiger partial charge in [-0.1, -0.05) is 19.9 Å². The maximum Gasteiger partial charge on any atom is 0.280 e. The molecule has 3 aliphatic rings. The molecule has 3 amide bonds. The number of fused-ring (bicyclic) bond motifs is 1. The molecular formula is C22H30N6O4. The summed E-state index contributed by atoms with van der Waals surface area (Å²) in [5.41, 5.74) is 4.44. The van der Waals surface area contributed by atoms with Crippen LogP contribution in [0.4, 0.5) is 0 Å². The Morgan fingerprint density at radius 2 is 2.06 bits per heavy atom. The van der Waals surface area contributed by atoms with Crippen LogP contribution in [-0.2, 0) is 20.9 Å². The molecule has 0 radical (unpaired) electrons. The van der Waals surface area contributed by atoms with Crippen molar-refractivity contribution in [2.45, 2.75) is 52.4 Å². The molecule has 3 heterocycles. The van der Waals surface area contributed by atoms with E-state index in [1.807, 2.05) is 32.9 Å². The van der Waals surface area contributed by atoms with Crippen LogP contribution in [-0.4, -0.2) is 63.0 Å². The number of amides is 3. The number of aromatic nitrogens is 1. The highest BCUT2D eigenvalue weighted by Crippen LogP contribution is 2.32. The number of pyridine rings is 1. The molecule has 1 aromatic heterocycles. The fourth-order valence-corrected chi connectivity index (χ4v) is 4.02. The largest absolute Gasteiger partial charge is 0.494 e. The lowest BCUT2D eigenvalue weighted by atomic mass is 10.0. The maximum absolute atomic E-state index is 13.1. The van der Waals surface area contributed by atoms with E-state index >= 15 is 0 Å². The van der Waals surface area contributed by atoms with E-state index in [9.17, 15) is 19.5 Å². The predicted octanol–water partition coefficient (Wildman–Crippen LogP) is 0.315. The molecule has 1 aliphatic carbocycles. The molecule has 2 atom stereocenters. The number of carbonyl (C=O) groups excluding carboxylic acids is 3. The van der Waals surface area contributed by atoms with E-state index in [1.165, 1.54) is 5.01 Å². The van der Waals surface area contributed by atoms with Gasteiger partial charge in [0.25, 0.3) is 11.8 Å². The van der Waals surface area contributed by atoms with Crippen molar-refractivity contribution in [1.29, 1.82) is 0 Å². The van der Waals surface area contributed by atoms with Gasteiger partial charge in [0.15, 0.2) is 5.57 Å². The molecule has 32 heavy (non-hydrogen) atoms. The summed E-state index contributed by atoms with van der Waals surface area (Å²) < 4.78 is 0. The van der Waals surface area contributed by atoms with Crippen LogP contribution in [0.2, 0.25) is 0 Å². The number of aliphatic hydroxyl groups is 1. The summed E-state index contributed by atoms with van der Waals surface area (Å²) in [4.78, 5) is 44.7. The van der Waals surface area contributed by atoms with E-state index in [1.54, 1.807) is 11.1 Å². The Kier molecular flexibility index (Phi) is 6.05. The van der Waals surface area contributed by atoms with Gasteiger partial charge >= 0.3 is 0 Å². The van der Waals surface area contributed by atoms with Crippen LogP contribution in [0.1, 0.15) is 37.9 Å². The molecule has 2 fully saturated rings. The standard InChI is InChI=1S/C22H30N6O4/c1-12(2)11-27-20-16(18(29)24-9-15-5-4-13(3)8-23-15)10-25-28(20)22(32)17(21(27)31)19(30)26-14-6-7-14/h4-5,8,12,14,16,20,25,31H,6-7,9-11H2,1-3H3,(H,24,29)(H,26,30). The van der Waals surface area contributed by atoms with Gasteiger partial charge in [-0.2, -0.15) is 0 Å². The van der Waals surface area contributed by atoms with Crippen molar-refractivity contribution >= 4 is 17.7 Å². The third kappa shape index (κ3) is 4.40. The van der Waals surface area contributed by atoms with Crippen LogP contribution in [0, 0.1) is 18.8 Å². The summed E-state index contributed by atoms with van der Waals surface area (Å²) >= 11 is 0. The highest BCUT2D eigenvalue weighted by Gasteiger charge is 2.52. The fraction of sp³-hybridized carbons (Fsp3) is 0.545. The van der Waals surface area contributed by atoms with Gasteiger partial charge in [0, 0.05) is 25.3 Å². The van der Waals surface area contributed by atoms with E-state index in [0.29, 0.717) is 6.54 Å². The average molecular weight is 443 g/mol. The minimum absolute atomic E-state index is 0.0484. The first kappa shape index (κ1) is 22.1. The Hall–Kier alpha value is -3.14. The number of rotatable bonds is 7. The van der Waals surface area contributed by atoms with Crippen molar-refractivity contribution in [1.82, 2.24) is 31.0 Å². The average Bonchev–Trinajstić information content (AvgIpc) is 3.44. The molecule has 0 aromatic carbocycles. The maximum atomic E-state index is 13.1. The number of nitrogens with one attached hydrogen (secondary N) is 3. The van der Waals surface area contributed by atoms with Crippen LogP contribution in [0.25, 0.3) is 0 Å². The lowest BCUT2D eigenvalue weighted by Gasteiger charge is -2.42. The third-order valence-corrected chi connectivity index (χ3v) is 5.81. The van der Waals surface area contributed by atoms with Crippen molar-refractivity contribution < 1.29 is 19.5 Å². The van der Waals surface area contributed by atoms with Crippen molar-refractivity contribution in [3.05, 3.63) is 41.0 Å². The van der Waals surface area contributed by atoms with E-state index in [4.69, 9.17) is 0 Å². The third-order valence-electron chi connectivity index (χ3n) is 5.81. The predicted molar refractivity (Wildman–Crippen MR) is 115 cm³/mol. The Bertz CT molecular complexity index is 940. The zero-order chi connectivity index (χ0) is 23.0. The summed E-state index contributed by atoms with van der Waals surface area (Å²) in [6, 6.07) is 3.82. The number of hydrogen-bond donors (Lipinski definition) is 4. The van der Waals surface area contributed by atoms with Gasteiger partial charge in [-0.15, -0.1) is 0 Å². The van der Waals surface area contributed by atoms with Gasteiger partial charge in [-0.05, 0) is 37.3 Å². The lowest BCUT2D eigenvalue weighted by Crippen LogP contribution is -2.60. The second-order valence-electron chi connectivity index (χ2n) is 9.09. The number of nitrogens with zero attached hydrogens (tertiary/aromatic N) is 3. The molecule has 2 aliphatic heterocycles. The molecule has 1 saturated heterocycles. The van der Waals surface area contributed by atoms with E-state index < -0.39 is 23.9 Å². The fourth-order valence-electron chi connectivity index (χ4n) is 4.02. The molecule has 4 N–H and O–H groups in total. The summed E-state index contributed by atoms with van der Waals surface area (Å²) in [5, 5.41) is 17.9. The minimum Gasteiger partial charge on any atom is -0.494 e. The monoisotopic (exact) mass is 442 g/mol. The van der Waals surface area contributed by atoms with Crippen molar-refractivity contribution in [2.24, 2.45) is 11.8 Å². The number of aryl methyl sites for hydroxylation is 1.